The normalized spacial score (nSPS) is 16.0. The second-order valence-corrected chi connectivity index (χ2v) is 17.2. The predicted molar refractivity (Wildman–Crippen MR) is 177 cm³/mol. The van der Waals surface area contributed by atoms with E-state index < -0.39 is 38.0 Å². The van der Waals surface area contributed by atoms with Crippen LogP contribution in [0.5, 0.6) is 5.75 Å². The van der Waals surface area contributed by atoms with Crippen LogP contribution in [0, 0.1) is 11.5 Å². The van der Waals surface area contributed by atoms with Gasteiger partial charge in [-0.1, -0.05) is 50.0 Å². The second kappa shape index (κ2) is 12.7. The molecule has 9 heteroatoms. The van der Waals surface area contributed by atoms with Gasteiger partial charge in [0.2, 0.25) is 0 Å². The van der Waals surface area contributed by atoms with Crippen molar-refractivity contribution in [2.75, 3.05) is 14.2 Å². The van der Waals surface area contributed by atoms with Gasteiger partial charge in [0.1, 0.15) is 19.9 Å². The first kappa shape index (κ1) is 31.6. The van der Waals surface area contributed by atoms with Crippen LogP contribution in [0.3, 0.4) is 0 Å². The zero-order valence-corrected chi connectivity index (χ0v) is 27.7. The summed E-state index contributed by atoms with van der Waals surface area (Å²) in [6.45, 7) is 10.2. The minimum Gasteiger partial charge on any atom is -0.491 e. The fourth-order valence-electron chi connectivity index (χ4n) is 5.65. The third kappa shape index (κ3) is 6.66. The van der Waals surface area contributed by atoms with E-state index in [0.29, 0.717) is 11.1 Å². The number of amides is 1. The molecule has 0 spiro atoms. The Balaban J connectivity index is 1.67. The molecule has 0 fully saturated rings. The smallest absolute Gasteiger partial charge is 0.337 e. The highest BCUT2D eigenvalue weighted by molar-refractivity contribution is 6.84. The number of methoxy groups -OCH3 is 2. The molecule has 8 nitrogen and oxygen atoms in total. The quantitative estimate of drug-likeness (QED) is 0.154. The molecule has 2 atom stereocenters. The van der Waals surface area contributed by atoms with Gasteiger partial charge < -0.3 is 24.1 Å². The zero-order chi connectivity index (χ0) is 32.5. The van der Waals surface area contributed by atoms with Gasteiger partial charge in [0.05, 0.1) is 31.9 Å². The van der Waals surface area contributed by atoms with Gasteiger partial charge in [0, 0.05) is 23.0 Å². The van der Waals surface area contributed by atoms with E-state index in [4.69, 9.17) is 14.2 Å². The van der Waals surface area contributed by atoms with Crippen molar-refractivity contribution in [2.24, 2.45) is 0 Å². The molecule has 1 amide bonds. The lowest BCUT2D eigenvalue weighted by molar-refractivity contribution is -0.153. The van der Waals surface area contributed by atoms with Gasteiger partial charge in [0.25, 0.3) is 5.91 Å². The summed E-state index contributed by atoms with van der Waals surface area (Å²) in [5.41, 5.74) is 8.87. The average Bonchev–Trinajstić information content (AvgIpc) is 3.39. The molecule has 1 aliphatic rings. The Hall–Kier alpha value is -4.81. The molecule has 0 aliphatic carbocycles. The van der Waals surface area contributed by atoms with E-state index in [9.17, 15) is 14.4 Å². The average molecular weight is 623 g/mol. The Morgan fingerprint density at radius 3 is 2.18 bits per heavy atom. The van der Waals surface area contributed by atoms with Gasteiger partial charge in [0.15, 0.2) is 0 Å². The van der Waals surface area contributed by atoms with E-state index in [2.05, 4.69) is 42.2 Å². The van der Waals surface area contributed by atoms with Crippen molar-refractivity contribution in [2.45, 2.75) is 58.1 Å². The number of nitrogens with one attached hydrogen (secondary N) is 1. The highest BCUT2D eigenvalue weighted by atomic mass is 28.3. The highest BCUT2D eigenvalue weighted by Gasteiger charge is 2.44. The number of aromatic amines is 1. The number of ether oxygens (including phenoxy) is 3. The molecule has 0 saturated heterocycles. The van der Waals surface area contributed by atoms with Crippen molar-refractivity contribution < 1.29 is 28.6 Å². The molecule has 4 aromatic rings. The van der Waals surface area contributed by atoms with Crippen LogP contribution in [0.25, 0.3) is 22.0 Å². The first-order valence-corrected chi connectivity index (χ1v) is 18.4. The fraction of sp³-hybridized carbons (Fsp3) is 0.306. The largest absolute Gasteiger partial charge is 0.491 e. The summed E-state index contributed by atoms with van der Waals surface area (Å²) in [7, 11) is 0.749. The van der Waals surface area contributed by atoms with Crippen molar-refractivity contribution in [3.8, 4) is 28.3 Å². The van der Waals surface area contributed by atoms with E-state index in [1.807, 2.05) is 50.2 Å². The van der Waals surface area contributed by atoms with Crippen LogP contribution in [-0.4, -0.2) is 62.2 Å². The third-order valence-electron chi connectivity index (χ3n) is 7.68. The molecule has 3 aromatic carbocycles. The van der Waals surface area contributed by atoms with Gasteiger partial charge in [-0.15, -0.1) is 5.54 Å². The standard InChI is InChI=1S/C36H38N2O6Si/c1-22(2)44-27-15-12-23(13-16-27)26-14-17-30-28(20-26)29-21-31(36(41)43-4)38(32(39)18-19-45(5,6)7)34(33(29)37-30)24-8-10-25(11-9-24)35(40)42-3/h8-17,20,22,31,34,37H,21H2,1-7H3. The molecule has 5 rings (SSSR count). The first-order chi connectivity index (χ1) is 21.4. The number of rotatable bonds is 6. The monoisotopic (exact) mass is 622 g/mol. The van der Waals surface area contributed by atoms with Gasteiger partial charge >= 0.3 is 11.9 Å². The molecule has 0 bridgehead atoms. The maximum atomic E-state index is 13.9. The summed E-state index contributed by atoms with van der Waals surface area (Å²) < 4.78 is 15.9. The summed E-state index contributed by atoms with van der Waals surface area (Å²) in [4.78, 5) is 44.5. The first-order valence-electron chi connectivity index (χ1n) is 14.9. The SMILES string of the molecule is COC(=O)c1ccc(C2c3[nH]c4ccc(-c5ccc(OC(C)C)cc5)cc4c3CC(C(=O)OC)N2C(=O)C#C[Si](C)(C)C)cc1. The van der Waals surface area contributed by atoms with Gasteiger partial charge in [-0.05, 0) is 78.4 Å². The lowest BCUT2D eigenvalue weighted by Gasteiger charge is -2.40. The van der Waals surface area contributed by atoms with Crippen LogP contribution in [-0.2, 0) is 25.5 Å². The molecular weight excluding hydrogens is 584 g/mol. The second-order valence-electron chi connectivity index (χ2n) is 12.4. The number of nitrogens with zero attached hydrogens (tertiary/aromatic N) is 1. The number of hydrogen-bond donors (Lipinski definition) is 1. The van der Waals surface area contributed by atoms with Crippen LogP contribution in [0.2, 0.25) is 19.6 Å². The number of carbonyl (C=O) groups is 3. The Labute approximate surface area is 264 Å². The van der Waals surface area contributed by atoms with Crippen molar-refractivity contribution in [1.29, 1.82) is 0 Å². The maximum Gasteiger partial charge on any atom is 0.337 e. The summed E-state index contributed by atoms with van der Waals surface area (Å²) in [5.74, 6) is 2.21. The lowest BCUT2D eigenvalue weighted by atomic mass is 9.87. The summed E-state index contributed by atoms with van der Waals surface area (Å²) in [6.07, 6.45) is 0.336. The Kier molecular flexibility index (Phi) is 8.89. The number of fused-ring (bicyclic) bond motifs is 3. The molecule has 1 aliphatic heterocycles. The van der Waals surface area contributed by atoms with Gasteiger partial charge in [-0.3, -0.25) is 4.79 Å². The summed E-state index contributed by atoms with van der Waals surface area (Å²) >= 11 is 0. The Morgan fingerprint density at radius 1 is 0.911 bits per heavy atom. The van der Waals surface area contributed by atoms with E-state index in [1.54, 1.807) is 24.3 Å². The van der Waals surface area contributed by atoms with Crippen LogP contribution in [0.1, 0.15) is 47.1 Å². The number of H-pyrrole nitrogens is 1. The summed E-state index contributed by atoms with van der Waals surface area (Å²) in [6, 6.07) is 19.4. The predicted octanol–water partition coefficient (Wildman–Crippen LogP) is 6.31. The number of aromatic nitrogens is 1. The van der Waals surface area contributed by atoms with E-state index in [0.717, 1.165) is 39.0 Å². The topological polar surface area (TPSA) is 97.9 Å². The number of benzene rings is 3. The third-order valence-corrected chi connectivity index (χ3v) is 8.56. The van der Waals surface area contributed by atoms with Crippen molar-refractivity contribution >= 4 is 36.8 Å². The Bertz CT molecular complexity index is 1810. The van der Waals surface area contributed by atoms with Crippen LogP contribution in [0.4, 0.5) is 0 Å². The van der Waals surface area contributed by atoms with Crippen LogP contribution < -0.4 is 4.74 Å². The fourth-order valence-corrected chi connectivity index (χ4v) is 6.14. The molecule has 0 saturated carbocycles. The molecular formula is C36H38N2O6Si. The van der Waals surface area contributed by atoms with Crippen molar-refractivity contribution in [3.63, 3.8) is 0 Å². The molecule has 2 unspecified atom stereocenters. The van der Waals surface area contributed by atoms with Gasteiger partial charge in [-0.25, -0.2) is 9.59 Å². The molecule has 0 radical (unpaired) electrons. The van der Waals surface area contributed by atoms with Crippen molar-refractivity contribution in [3.05, 3.63) is 89.1 Å². The highest BCUT2D eigenvalue weighted by Crippen LogP contribution is 2.42. The number of carbonyl (C=O) groups excluding carboxylic acids is 3. The van der Waals surface area contributed by atoms with Crippen molar-refractivity contribution in [1.82, 2.24) is 9.88 Å². The minimum absolute atomic E-state index is 0.0823. The molecule has 1 N–H and O–H groups in total. The number of esters is 2. The molecule has 1 aromatic heterocycles. The molecule has 232 valence electrons. The van der Waals surface area contributed by atoms with Gasteiger partial charge in [-0.2, -0.15) is 0 Å². The summed E-state index contributed by atoms with van der Waals surface area (Å²) in [5, 5.41) is 0.954. The number of hydrogen-bond acceptors (Lipinski definition) is 6. The Morgan fingerprint density at radius 2 is 1.58 bits per heavy atom. The van der Waals surface area contributed by atoms with Crippen LogP contribution in [0.15, 0.2) is 66.7 Å². The van der Waals surface area contributed by atoms with E-state index >= 15 is 0 Å². The maximum absolute atomic E-state index is 13.9. The molecule has 45 heavy (non-hydrogen) atoms. The lowest BCUT2D eigenvalue weighted by Crippen LogP contribution is -2.51. The minimum atomic E-state index is -1.91. The van der Waals surface area contributed by atoms with E-state index in [-0.39, 0.29) is 12.5 Å². The van der Waals surface area contributed by atoms with E-state index in [1.165, 1.54) is 19.1 Å². The molecule has 2 heterocycles. The van der Waals surface area contributed by atoms with Crippen LogP contribution >= 0.6 is 0 Å². The zero-order valence-electron chi connectivity index (χ0n) is 26.7.